The number of aromatic nitrogens is 1. The van der Waals surface area contributed by atoms with Gasteiger partial charge in [0.05, 0.1) is 12.7 Å². The van der Waals surface area contributed by atoms with Crippen molar-refractivity contribution in [3.63, 3.8) is 0 Å². The number of amides is 1. The van der Waals surface area contributed by atoms with Gasteiger partial charge in [-0.3, -0.25) is 4.79 Å². The molecule has 2 rings (SSSR count). The summed E-state index contributed by atoms with van der Waals surface area (Å²) >= 11 is 0. The number of ether oxygens (including phenoxy) is 2. The molecule has 1 aromatic rings. The third-order valence-corrected chi connectivity index (χ3v) is 3.74. The van der Waals surface area contributed by atoms with Crippen LogP contribution in [0.25, 0.3) is 0 Å². The number of carbonyl (C=O) groups is 1. The lowest BCUT2D eigenvalue weighted by atomic mass is 9.92. The van der Waals surface area contributed by atoms with Crippen molar-refractivity contribution in [1.82, 2.24) is 10.3 Å². The molecule has 1 saturated carbocycles. The molecule has 0 saturated heterocycles. The van der Waals surface area contributed by atoms with Crippen molar-refractivity contribution in [1.29, 1.82) is 0 Å². The fourth-order valence-electron chi connectivity index (χ4n) is 2.72. The van der Waals surface area contributed by atoms with Crippen LogP contribution in [0.3, 0.4) is 0 Å². The maximum absolute atomic E-state index is 12.4. The van der Waals surface area contributed by atoms with E-state index < -0.39 is 18.9 Å². The molecular weight excluding hydrogens is 325 g/mol. The van der Waals surface area contributed by atoms with Crippen molar-refractivity contribution in [2.24, 2.45) is 0 Å². The molecule has 1 fully saturated rings. The van der Waals surface area contributed by atoms with Crippen molar-refractivity contribution in [3.05, 3.63) is 23.9 Å². The van der Waals surface area contributed by atoms with Crippen LogP contribution in [0.15, 0.2) is 18.3 Å². The molecule has 1 aliphatic rings. The molecule has 1 aliphatic carbocycles. The van der Waals surface area contributed by atoms with Crippen LogP contribution >= 0.6 is 0 Å². The SMILES string of the molecule is CCOc1ncccc1C(=O)N[C@@H]1CCC[C@H](OCC(F)(F)F)C1. The molecule has 0 radical (unpaired) electrons. The molecule has 1 N–H and O–H groups in total. The first kappa shape index (κ1) is 18.5. The van der Waals surface area contributed by atoms with Crippen LogP contribution in [-0.2, 0) is 4.74 Å². The van der Waals surface area contributed by atoms with Gasteiger partial charge in [0.2, 0.25) is 5.88 Å². The molecule has 134 valence electrons. The average Bonchev–Trinajstić information content (AvgIpc) is 2.53. The number of nitrogens with one attached hydrogen (secondary N) is 1. The van der Waals surface area contributed by atoms with Crippen molar-refractivity contribution >= 4 is 5.91 Å². The van der Waals surface area contributed by atoms with E-state index in [9.17, 15) is 18.0 Å². The van der Waals surface area contributed by atoms with E-state index in [1.165, 1.54) is 6.20 Å². The minimum absolute atomic E-state index is 0.223. The van der Waals surface area contributed by atoms with Crippen molar-refractivity contribution in [2.45, 2.75) is 50.9 Å². The van der Waals surface area contributed by atoms with E-state index in [0.29, 0.717) is 37.9 Å². The number of hydrogen-bond donors (Lipinski definition) is 1. The van der Waals surface area contributed by atoms with Crippen molar-refractivity contribution in [3.8, 4) is 5.88 Å². The highest BCUT2D eigenvalue weighted by molar-refractivity contribution is 5.96. The minimum atomic E-state index is -4.34. The van der Waals surface area contributed by atoms with Gasteiger partial charge in [0.1, 0.15) is 12.2 Å². The molecule has 0 aliphatic heterocycles. The van der Waals surface area contributed by atoms with Crippen molar-refractivity contribution in [2.75, 3.05) is 13.2 Å². The van der Waals surface area contributed by atoms with E-state index in [4.69, 9.17) is 9.47 Å². The van der Waals surface area contributed by atoms with Crippen LogP contribution in [0, 0.1) is 0 Å². The van der Waals surface area contributed by atoms with Crippen LogP contribution in [0.4, 0.5) is 13.2 Å². The summed E-state index contributed by atoms with van der Waals surface area (Å²) in [7, 11) is 0. The summed E-state index contributed by atoms with van der Waals surface area (Å²) in [4.78, 5) is 16.4. The van der Waals surface area contributed by atoms with Crippen LogP contribution in [0.5, 0.6) is 5.88 Å². The lowest BCUT2D eigenvalue weighted by Gasteiger charge is -2.30. The average molecular weight is 346 g/mol. The van der Waals surface area contributed by atoms with E-state index in [2.05, 4.69) is 10.3 Å². The zero-order valence-electron chi connectivity index (χ0n) is 13.4. The molecule has 0 aromatic carbocycles. The van der Waals surface area contributed by atoms with E-state index in [-0.39, 0.29) is 17.8 Å². The Morgan fingerprint density at radius 2 is 2.21 bits per heavy atom. The molecule has 0 spiro atoms. The summed E-state index contributed by atoms with van der Waals surface area (Å²) in [5.74, 6) is -0.0915. The molecule has 1 heterocycles. The number of rotatable bonds is 6. The number of carbonyl (C=O) groups excluding carboxylic acids is 1. The Bertz CT molecular complexity index is 552. The van der Waals surface area contributed by atoms with Gasteiger partial charge in [-0.05, 0) is 44.7 Å². The van der Waals surface area contributed by atoms with Crippen LogP contribution < -0.4 is 10.1 Å². The summed E-state index contributed by atoms with van der Waals surface area (Å²) in [5, 5.41) is 2.84. The Morgan fingerprint density at radius 1 is 1.42 bits per heavy atom. The molecule has 0 bridgehead atoms. The maximum atomic E-state index is 12.4. The number of alkyl halides is 3. The zero-order chi connectivity index (χ0) is 17.6. The van der Waals surface area contributed by atoms with Gasteiger partial charge in [-0.15, -0.1) is 0 Å². The highest BCUT2D eigenvalue weighted by atomic mass is 19.4. The Balaban J connectivity index is 1.92. The van der Waals surface area contributed by atoms with E-state index in [1.54, 1.807) is 19.1 Å². The monoisotopic (exact) mass is 346 g/mol. The standard InChI is InChI=1S/C16H21F3N2O3/c1-2-23-15-13(7-4-8-20-15)14(22)21-11-5-3-6-12(9-11)24-10-16(17,18)19/h4,7-8,11-12H,2-3,5-6,9-10H2,1H3,(H,21,22)/t11-,12+/m1/s1. The first-order chi connectivity index (χ1) is 11.4. The van der Waals surface area contributed by atoms with E-state index in [0.717, 1.165) is 0 Å². The van der Waals surface area contributed by atoms with Gasteiger partial charge in [-0.1, -0.05) is 0 Å². The summed E-state index contributed by atoms with van der Waals surface area (Å²) in [6, 6.07) is 3.01. The summed E-state index contributed by atoms with van der Waals surface area (Å²) < 4.78 is 47.0. The predicted molar refractivity (Wildman–Crippen MR) is 80.9 cm³/mol. The second kappa shape index (κ2) is 8.32. The normalized spacial score (nSPS) is 21.3. The number of hydrogen-bond acceptors (Lipinski definition) is 4. The lowest BCUT2D eigenvalue weighted by Crippen LogP contribution is -2.41. The first-order valence-corrected chi connectivity index (χ1v) is 7.96. The molecule has 0 unspecified atom stereocenters. The smallest absolute Gasteiger partial charge is 0.411 e. The number of halogens is 3. The summed E-state index contributed by atoms with van der Waals surface area (Å²) in [6.07, 6.45) is -0.945. The Labute approximate surface area is 138 Å². The van der Waals surface area contributed by atoms with Crippen LogP contribution in [0.1, 0.15) is 43.0 Å². The van der Waals surface area contributed by atoms with Gasteiger partial charge in [-0.2, -0.15) is 13.2 Å². The van der Waals surface area contributed by atoms with Gasteiger partial charge >= 0.3 is 6.18 Å². The highest BCUT2D eigenvalue weighted by Gasteiger charge is 2.31. The van der Waals surface area contributed by atoms with Crippen molar-refractivity contribution < 1.29 is 27.4 Å². The van der Waals surface area contributed by atoms with Crippen LogP contribution in [0.2, 0.25) is 0 Å². The predicted octanol–water partition coefficient (Wildman–Crippen LogP) is 3.10. The van der Waals surface area contributed by atoms with Gasteiger partial charge < -0.3 is 14.8 Å². The highest BCUT2D eigenvalue weighted by Crippen LogP contribution is 2.25. The second-order valence-electron chi connectivity index (χ2n) is 5.67. The first-order valence-electron chi connectivity index (χ1n) is 7.96. The third-order valence-electron chi connectivity index (χ3n) is 3.74. The second-order valence-corrected chi connectivity index (χ2v) is 5.67. The molecule has 24 heavy (non-hydrogen) atoms. The van der Waals surface area contributed by atoms with Crippen LogP contribution in [-0.4, -0.2) is 42.4 Å². The van der Waals surface area contributed by atoms with Gasteiger partial charge in [-0.25, -0.2) is 4.98 Å². The molecule has 1 aromatic heterocycles. The molecule has 5 nitrogen and oxygen atoms in total. The fourth-order valence-corrected chi connectivity index (χ4v) is 2.72. The molecule has 2 atom stereocenters. The van der Waals surface area contributed by atoms with E-state index in [1.807, 2.05) is 0 Å². The molecule has 8 heteroatoms. The van der Waals surface area contributed by atoms with E-state index >= 15 is 0 Å². The summed E-state index contributed by atoms with van der Waals surface area (Å²) in [6.45, 7) is 0.920. The van der Waals surface area contributed by atoms with Gasteiger partial charge in [0.15, 0.2) is 0 Å². The Hall–Kier alpha value is -1.83. The number of pyridine rings is 1. The van der Waals surface area contributed by atoms with Gasteiger partial charge in [0.25, 0.3) is 5.91 Å². The largest absolute Gasteiger partial charge is 0.477 e. The number of nitrogens with zero attached hydrogens (tertiary/aromatic N) is 1. The Morgan fingerprint density at radius 3 is 2.92 bits per heavy atom. The quantitative estimate of drug-likeness (QED) is 0.860. The maximum Gasteiger partial charge on any atom is 0.411 e. The molecule has 1 amide bonds. The topological polar surface area (TPSA) is 60.5 Å². The Kier molecular flexibility index (Phi) is 6.42. The molecular formula is C16H21F3N2O3. The minimum Gasteiger partial charge on any atom is -0.477 e. The summed E-state index contributed by atoms with van der Waals surface area (Å²) in [5.41, 5.74) is 0.317. The third kappa shape index (κ3) is 5.67. The lowest BCUT2D eigenvalue weighted by molar-refractivity contribution is -0.188. The zero-order valence-corrected chi connectivity index (χ0v) is 13.4. The fraction of sp³-hybridized carbons (Fsp3) is 0.625. The van der Waals surface area contributed by atoms with Gasteiger partial charge in [0, 0.05) is 12.2 Å².